The Morgan fingerprint density at radius 1 is 1.30 bits per heavy atom. The molecule has 0 aliphatic rings. The monoisotopic (exact) mass is 351 g/mol. The van der Waals surface area contributed by atoms with E-state index in [1.807, 2.05) is 49.3 Å². The van der Waals surface area contributed by atoms with Gasteiger partial charge in [0.05, 0.1) is 12.0 Å². The summed E-state index contributed by atoms with van der Waals surface area (Å²) in [6.45, 7) is 0. The fraction of sp³-hybridized carbons (Fsp3) is 0.250. The first-order valence-corrected chi connectivity index (χ1v) is 8.49. The number of nitrogens with zero attached hydrogens (tertiary/aromatic N) is 2. The Bertz CT molecular complexity index is 668. The first-order chi connectivity index (χ1) is 11.0. The van der Waals surface area contributed by atoms with Crippen molar-refractivity contribution in [1.29, 1.82) is 0 Å². The fourth-order valence-corrected chi connectivity index (χ4v) is 2.60. The van der Waals surface area contributed by atoms with Crippen LogP contribution in [0.15, 0.2) is 45.9 Å². The molecule has 0 aliphatic carbocycles. The number of amides is 1. The van der Waals surface area contributed by atoms with E-state index in [4.69, 9.17) is 16.0 Å². The van der Waals surface area contributed by atoms with Crippen LogP contribution >= 0.6 is 23.4 Å². The van der Waals surface area contributed by atoms with Gasteiger partial charge < -0.3 is 9.32 Å². The van der Waals surface area contributed by atoms with Gasteiger partial charge in [-0.25, -0.2) is 5.43 Å². The second-order valence-electron chi connectivity index (χ2n) is 4.98. The van der Waals surface area contributed by atoms with Gasteiger partial charge in [-0.3, -0.25) is 4.79 Å². The van der Waals surface area contributed by atoms with Crippen LogP contribution in [0, 0.1) is 0 Å². The van der Waals surface area contributed by atoms with Crippen molar-refractivity contribution in [3.63, 3.8) is 0 Å². The van der Waals surface area contributed by atoms with Crippen LogP contribution in [-0.2, 0) is 10.5 Å². The van der Waals surface area contributed by atoms with Gasteiger partial charge in [-0.15, -0.1) is 11.8 Å². The van der Waals surface area contributed by atoms with Crippen LogP contribution in [-0.4, -0.2) is 32.0 Å². The summed E-state index contributed by atoms with van der Waals surface area (Å²) in [5, 5.41) is 4.59. The highest BCUT2D eigenvalue weighted by Crippen LogP contribution is 2.15. The third-order valence-electron chi connectivity index (χ3n) is 2.85. The predicted molar refractivity (Wildman–Crippen MR) is 96.4 cm³/mol. The SMILES string of the molecule is CN(C)c1ccc(/C=N\NC(=O)CSCc2ccc(Cl)cc2)o1. The summed E-state index contributed by atoms with van der Waals surface area (Å²) in [4.78, 5) is 13.5. The molecule has 23 heavy (non-hydrogen) atoms. The predicted octanol–water partition coefficient (Wildman–Crippen LogP) is 3.38. The molecule has 1 aromatic carbocycles. The Labute approximate surface area is 144 Å². The first-order valence-electron chi connectivity index (χ1n) is 6.96. The minimum absolute atomic E-state index is 0.153. The Balaban J connectivity index is 1.70. The average molecular weight is 352 g/mol. The highest BCUT2D eigenvalue weighted by molar-refractivity contribution is 7.99. The molecular formula is C16H18ClN3O2S. The number of rotatable bonds is 7. The number of halogens is 1. The van der Waals surface area contributed by atoms with E-state index in [2.05, 4.69) is 10.5 Å². The quantitative estimate of drug-likeness (QED) is 0.613. The number of anilines is 1. The summed E-state index contributed by atoms with van der Waals surface area (Å²) in [5.41, 5.74) is 3.61. The van der Waals surface area contributed by atoms with Crippen molar-refractivity contribution in [3.05, 3.63) is 52.7 Å². The minimum Gasteiger partial charge on any atom is -0.440 e. The minimum atomic E-state index is -0.153. The lowest BCUT2D eigenvalue weighted by molar-refractivity contribution is -0.118. The molecule has 7 heteroatoms. The number of hydrogen-bond donors (Lipinski definition) is 1. The normalized spacial score (nSPS) is 10.9. The lowest BCUT2D eigenvalue weighted by Gasteiger charge is -2.05. The molecule has 2 rings (SSSR count). The summed E-state index contributed by atoms with van der Waals surface area (Å²) in [5.74, 6) is 2.25. The van der Waals surface area contributed by atoms with Crippen molar-refractivity contribution in [2.45, 2.75) is 5.75 Å². The van der Waals surface area contributed by atoms with Gasteiger partial charge in [-0.1, -0.05) is 23.7 Å². The zero-order chi connectivity index (χ0) is 16.7. The van der Waals surface area contributed by atoms with Crippen molar-refractivity contribution in [1.82, 2.24) is 5.43 Å². The van der Waals surface area contributed by atoms with E-state index in [-0.39, 0.29) is 5.91 Å². The van der Waals surface area contributed by atoms with E-state index >= 15 is 0 Å². The standard InChI is InChI=1S/C16H18ClN3O2S/c1-20(2)16-8-7-14(22-16)9-18-19-15(21)11-23-10-12-3-5-13(17)6-4-12/h3-9H,10-11H2,1-2H3,(H,19,21)/b18-9-. The molecule has 1 aromatic heterocycles. The third kappa shape index (κ3) is 6.00. The van der Waals surface area contributed by atoms with E-state index in [1.54, 1.807) is 6.07 Å². The van der Waals surface area contributed by atoms with Gasteiger partial charge >= 0.3 is 0 Å². The van der Waals surface area contributed by atoms with Crippen LogP contribution in [0.3, 0.4) is 0 Å². The number of furan rings is 1. The number of carbonyl (C=O) groups excluding carboxylic acids is 1. The highest BCUT2D eigenvalue weighted by atomic mass is 35.5. The Morgan fingerprint density at radius 2 is 2.04 bits per heavy atom. The molecule has 1 heterocycles. The van der Waals surface area contributed by atoms with Crippen molar-refractivity contribution in [3.8, 4) is 0 Å². The molecule has 0 unspecified atom stereocenters. The topological polar surface area (TPSA) is 57.8 Å². The van der Waals surface area contributed by atoms with Crippen LogP contribution in [0.1, 0.15) is 11.3 Å². The summed E-state index contributed by atoms with van der Waals surface area (Å²) < 4.78 is 5.48. The van der Waals surface area contributed by atoms with Crippen LogP contribution in [0.4, 0.5) is 5.88 Å². The second kappa shape index (κ2) is 8.64. The van der Waals surface area contributed by atoms with Gasteiger partial charge in [-0.05, 0) is 23.8 Å². The van der Waals surface area contributed by atoms with Crippen LogP contribution in [0.2, 0.25) is 5.02 Å². The fourth-order valence-electron chi connectivity index (χ4n) is 1.69. The maximum Gasteiger partial charge on any atom is 0.250 e. The van der Waals surface area contributed by atoms with Crippen LogP contribution in [0.5, 0.6) is 0 Å². The van der Waals surface area contributed by atoms with Gasteiger partial charge in [0.2, 0.25) is 5.91 Å². The molecule has 2 aromatic rings. The molecule has 0 aliphatic heterocycles. The van der Waals surface area contributed by atoms with Crippen molar-refractivity contribution in [2.24, 2.45) is 5.10 Å². The third-order valence-corrected chi connectivity index (χ3v) is 4.11. The smallest absolute Gasteiger partial charge is 0.250 e. The number of hydrogen-bond acceptors (Lipinski definition) is 5. The molecule has 1 N–H and O–H groups in total. The van der Waals surface area contributed by atoms with Gasteiger partial charge in [0.25, 0.3) is 0 Å². The van der Waals surface area contributed by atoms with Gasteiger partial charge in [0, 0.05) is 30.9 Å². The first kappa shape index (κ1) is 17.4. The van der Waals surface area contributed by atoms with E-state index in [1.165, 1.54) is 18.0 Å². The summed E-state index contributed by atoms with van der Waals surface area (Å²) in [7, 11) is 3.78. The summed E-state index contributed by atoms with van der Waals surface area (Å²) in [6, 6.07) is 11.2. The number of benzene rings is 1. The molecule has 0 saturated heterocycles. The summed E-state index contributed by atoms with van der Waals surface area (Å²) in [6.07, 6.45) is 1.48. The lowest BCUT2D eigenvalue weighted by Crippen LogP contribution is -2.19. The molecule has 0 saturated carbocycles. The molecule has 122 valence electrons. The van der Waals surface area contributed by atoms with Crippen LogP contribution < -0.4 is 10.3 Å². The highest BCUT2D eigenvalue weighted by Gasteiger charge is 2.03. The summed E-state index contributed by atoms with van der Waals surface area (Å²) >= 11 is 7.34. The molecule has 5 nitrogen and oxygen atoms in total. The molecule has 0 bridgehead atoms. The molecule has 1 amide bonds. The largest absolute Gasteiger partial charge is 0.440 e. The van der Waals surface area contributed by atoms with E-state index in [9.17, 15) is 4.79 Å². The Kier molecular flexibility index (Phi) is 6.55. The zero-order valence-electron chi connectivity index (χ0n) is 13.0. The molecule has 0 atom stereocenters. The van der Waals surface area contributed by atoms with Crippen molar-refractivity contribution < 1.29 is 9.21 Å². The van der Waals surface area contributed by atoms with Crippen molar-refractivity contribution >= 4 is 41.4 Å². The average Bonchev–Trinajstić information content (AvgIpc) is 2.98. The van der Waals surface area contributed by atoms with Gasteiger partial charge in [0.15, 0.2) is 5.88 Å². The van der Waals surface area contributed by atoms with Crippen molar-refractivity contribution in [2.75, 3.05) is 24.7 Å². The number of nitrogens with one attached hydrogen (secondary N) is 1. The number of hydrazone groups is 1. The second-order valence-corrected chi connectivity index (χ2v) is 6.40. The maximum absolute atomic E-state index is 11.7. The Hall–Kier alpha value is -1.92. The zero-order valence-corrected chi connectivity index (χ0v) is 14.5. The van der Waals surface area contributed by atoms with Gasteiger partial charge in [0.1, 0.15) is 5.76 Å². The lowest BCUT2D eigenvalue weighted by atomic mass is 10.2. The number of carbonyl (C=O) groups is 1. The van der Waals surface area contributed by atoms with E-state index in [0.717, 1.165) is 17.2 Å². The molecule has 0 fully saturated rings. The van der Waals surface area contributed by atoms with Gasteiger partial charge in [-0.2, -0.15) is 5.10 Å². The maximum atomic E-state index is 11.7. The van der Waals surface area contributed by atoms with E-state index in [0.29, 0.717) is 16.5 Å². The Morgan fingerprint density at radius 3 is 2.70 bits per heavy atom. The molecule has 0 spiro atoms. The van der Waals surface area contributed by atoms with E-state index < -0.39 is 0 Å². The molecule has 0 radical (unpaired) electrons. The number of thioether (sulfide) groups is 1. The molecular weight excluding hydrogens is 334 g/mol. The van der Waals surface area contributed by atoms with Crippen LogP contribution in [0.25, 0.3) is 0 Å².